The number of hydrogen-bond donors (Lipinski definition) is 1. The van der Waals surface area contributed by atoms with Crippen LogP contribution in [-0.2, 0) is 0 Å². The van der Waals surface area contributed by atoms with Gasteiger partial charge in [-0.25, -0.2) is 4.39 Å². The molecule has 0 amide bonds. The highest BCUT2D eigenvalue weighted by atomic mass is 19.1. The van der Waals surface area contributed by atoms with E-state index in [0.29, 0.717) is 5.69 Å². The maximum absolute atomic E-state index is 13.4. The third-order valence-corrected chi connectivity index (χ3v) is 3.95. The lowest BCUT2D eigenvalue weighted by Crippen LogP contribution is -2.39. The van der Waals surface area contributed by atoms with E-state index in [4.69, 9.17) is 0 Å². The molecule has 1 aliphatic heterocycles. The molecule has 0 unspecified atom stereocenters. The number of rotatable bonds is 6. The van der Waals surface area contributed by atoms with Crippen LogP contribution in [0.4, 0.5) is 10.1 Å². The topological polar surface area (TPSA) is 18.5 Å². The smallest absolute Gasteiger partial charge is 0.146 e. The van der Waals surface area contributed by atoms with E-state index in [0.717, 1.165) is 32.1 Å². The van der Waals surface area contributed by atoms with Gasteiger partial charge in [0.15, 0.2) is 0 Å². The fraction of sp³-hybridized carbons (Fsp3) is 0.625. The summed E-state index contributed by atoms with van der Waals surface area (Å²) in [4.78, 5) is 4.75. The monoisotopic (exact) mass is 279 g/mol. The molecule has 1 aliphatic rings. The summed E-state index contributed by atoms with van der Waals surface area (Å²) in [5.74, 6) is 0.665. The number of halogens is 1. The summed E-state index contributed by atoms with van der Waals surface area (Å²) >= 11 is 0. The molecule has 0 atom stereocenters. The van der Waals surface area contributed by atoms with E-state index in [9.17, 15) is 4.39 Å². The molecule has 0 radical (unpaired) electrons. The quantitative estimate of drug-likeness (QED) is 0.863. The molecule has 3 nitrogen and oxygen atoms in total. The van der Waals surface area contributed by atoms with Crippen LogP contribution in [0.2, 0.25) is 0 Å². The lowest BCUT2D eigenvalue weighted by atomic mass is 9.96. The average molecular weight is 279 g/mol. The Morgan fingerprint density at radius 2 is 1.95 bits per heavy atom. The predicted molar refractivity (Wildman–Crippen MR) is 82.6 cm³/mol. The first-order valence-corrected chi connectivity index (χ1v) is 7.50. The minimum Gasteiger partial charge on any atom is -0.381 e. The first-order chi connectivity index (χ1) is 9.65. The normalized spacial score (nSPS) is 17.6. The summed E-state index contributed by atoms with van der Waals surface area (Å²) < 4.78 is 13.4. The van der Waals surface area contributed by atoms with Crippen LogP contribution in [-0.4, -0.2) is 56.6 Å². The van der Waals surface area contributed by atoms with Crippen molar-refractivity contribution in [2.45, 2.75) is 12.8 Å². The number of nitrogens with zero attached hydrogens (tertiary/aromatic N) is 2. The van der Waals surface area contributed by atoms with Crippen molar-refractivity contribution in [2.24, 2.45) is 5.92 Å². The van der Waals surface area contributed by atoms with Gasteiger partial charge in [-0.2, -0.15) is 0 Å². The van der Waals surface area contributed by atoms with Crippen LogP contribution in [0.15, 0.2) is 24.3 Å². The van der Waals surface area contributed by atoms with Gasteiger partial charge < -0.3 is 15.1 Å². The van der Waals surface area contributed by atoms with Crippen molar-refractivity contribution in [2.75, 3.05) is 52.1 Å². The van der Waals surface area contributed by atoms with Gasteiger partial charge in [0.05, 0.1) is 5.69 Å². The fourth-order valence-corrected chi connectivity index (χ4v) is 2.86. The summed E-state index contributed by atoms with van der Waals surface area (Å²) in [6.07, 6.45) is 2.55. The van der Waals surface area contributed by atoms with Crippen molar-refractivity contribution in [1.82, 2.24) is 9.80 Å². The Kier molecular flexibility index (Phi) is 5.80. The maximum Gasteiger partial charge on any atom is 0.146 e. The molecule has 0 bridgehead atoms. The molecular formula is C16H26FN3. The Labute approximate surface area is 121 Å². The standard InChI is InChI=1S/C16H26FN3/c1-19(2)13-14-7-10-20(11-8-14)12-9-18-16-6-4-3-5-15(16)17/h3-6,14,18H,7-13H2,1-2H3. The number of hydrogen-bond acceptors (Lipinski definition) is 3. The Morgan fingerprint density at radius 1 is 1.25 bits per heavy atom. The van der Waals surface area contributed by atoms with Crippen molar-refractivity contribution in [3.63, 3.8) is 0 Å². The van der Waals surface area contributed by atoms with Crippen LogP contribution in [0.5, 0.6) is 0 Å². The fourth-order valence-electron chi connectivity index (χ4n) is 2.86. The predicted octanol–water partition coefficient (Wildman–Crippen LogP) is 2.51. The molecular weight excluding hydrogens is 253 g/mol. The molecule has 4 heteroatoms. The molecule has 0 saturated carbocycles. The molecule has 0 aromatic heterocycles. The highest BCUT2D eigenvalue weighted by Crippen LogP contribution is 2.17. The summed E-state index contributed by atoms with van der Waals surface area (Å²) in [6, 6.07) is 6.86. The summed E-state index contributed by atoms with van der Waals surface area (Å²) in [5, 5.41) is 3.18. The van der Waals surface area contributed by atoms with Gasteiger partial charge in [0.1, 0.15) is 5.82 Å². The van der Waals surface area contributed by atoms with Gasteiger partial charge in [-0.3, -0.25) is 0 Å². The molecule has 0 spiro atoms. The number of anilines is 1. The second-order valence-corrected chi connectivity index (χ2v) is 5.95. The Bertz CT molecular complexity index is 400. The third-order valence-electron chi connectivity index (χ3n) is 3.95. The largest absolute Gasteiger partial charge is 0.381 e. The number of benzene rings is 1. The van der Waals surface area contributed by atoms with E-state index >= 15 is 0 Å². The molecule has 1 saturated heterocycles. The van der Waals surface area contributed by atoms with Crippen molar-refractivity contribution < 1.29 is 4.39 Å². The molecule has 1 aromatic carbocycles. The summed E-state index contributed by atoms with van der Waals surface area (Å²) in [6.45, 7) is 5.32. The van der Waals surface area contributed by atoms with Gasteiger partial charge in [-0.15, -0.1) is 0 Å². The number of piperidine rings is 1. The molecule has 1 N–H and O–H groups in total. The van der Waals surface area contributed by atoms with Gasteiger partial charge in [-0.1, -0.05) is 12.1 Å². The van der Waals surface area contributed by atoms with E-state index < -0.39 is 0 Å². The minimum absolute atomic E-state index is 0.169. The van der Waals surface area contributed by atoms with Crippen molar-refractivity contribution in [1.29, 1.82) is 0 Å². The zero-order valence-corrected chi connectivity index (χ0v) is 12.6. The first kappa shape index (κ1) is 15.3. The van der Waals surface area contributed by atoms with Crippen molar-refractivity contribution in [3.8, 4) is 0 Å². The van der Waals surface area contributed by atoms with Crippen molar-refractivity contribution >= 4 is 5.69 Å². The molecule has 1 heterocycles. The second-order valence-electron chi connectivity index (χ2n) is 5.95. The lowest BCUT2D eigenvalue weighted by molar-refractivity contribution is 0.167. The Balaban J connectivity index is 1.65. The van der Waals surface area contributed by atoms with Crippen LogP contribution in [0, 0.1) is 11.7 Å². The van der Waals surface area contributed by atoms with E-state index in [1.165, 1.54) is 25.5 Å². The molecule has 2 rings (SSSR count). The van der Waals surface area contributed by atoms with Gasteiger partial charge in [0.25, 0.3) is 0 Å². The molecule has 112 valence electrons. The van der Waals surface area contributed by atoms with Crippen LogP contribution < -0.4 is 5.32 Å². The molecule has 0 aliphatic carbocycles. The van der Waals surface area contributed by atoms with Crippen LogP contribution in [0.1, 0.15) is 12.8 Å². The van der Waals surface area contributed by atoms with Crippen molar-refractivity contribution in [3.05, 3.63) is 30.1 Å². The highest BCUT2D eigenvalue weighted by molar-refractivity contribution is 5.44. The van der Waals surface area contributed by atoms with E-state index in [-0.39, 0.29) is 5.82 Å². The molecule has 20 heavy (non-hydrogen) atoms. The van der Waals surface area contributed by atoms with E-state index in [2.05, 4.69) is 29.2 Å². The summed E-state index contributed by atoms with van der Waals surface area (Å²) in [5.41, 5.74) is 0.606. The van der Waals surface area contributed by atoms with Gasteiger partial charge in [0, 0.05) is 19.6 Å². The SMILES string of the molecule is CN(C)CC1CCN(CCNc2ccccc2F)CC1. The molecule has 1 aromatic rings. The Morgan fingerprint density at radius 3 is 2.60 bits per heavy atom. The van der Waals surface area contributed by atoms with Crippen LogP contribution in [0.25, 0.3) is 0 Å². The van der Waals surface area contributed by atoms with Crippen LogP contribution in [0.3, 0.4) is 0 Å². The van der Waals surface area contributed by atoms with Gasteiger partial charge in [0.2, 0.25) is 0 Å². The average Bonchev–Trinajstić information content (AvgIpc) is 2.42. The zero-order valence-electron chi connectivity index (χ0n) is 12.6. The third kappa shape index (κ3) is 4.76. The second kappa shape index (κ2) is 7.60. The van der Waals surface area contributed by atoms with E-state index in [1.54, 1.807) is 12.1 Å². The lowest BCUT2D eigenvalue weighted by Gasteiger charge is -2.33. The Hall–Kier alpha value is -1.13. The first-order valence-electron chi connectivity index (χ1n) is 7.50. The zero-order chi connectivity index (χ0) is 14.4. The summed E-state index contributed by atoms with van der Waals surface area (Å²) in [7, 11) is 4.29. The van der Waals surface area contributed by atoms with E-state index in [1.807, 2.05) is 6.07 Å². The van der Waals surface area contributed by atoms with Gasteiger partial charge >= 0.3 is 0 Å². The maximum atomic E-state index is 13.4. The number of likely N-dealkylation sites (tertiary alicyclic amines) is 1. The number of para-hydroxylation sites is 1. The highest BCUT2D eigenvalue weighted by Gasteiger charge is 2.19. The number of nitrogens with one attached hydrogen (secondary N) is 1. The molecule has 1 fully saturated rings. The van der Waals surface area contributed by atoms with Gasteiger partial charge in [-0.05, 0) is 58.1 Å². The minimum atomic E-state index is -0.169. The van der Waals surface area contributed by atoms with Crippen LogP contribution >= 0.6 is 0 Å².